The minimum atomic E-state index is -0.134. The molecule has 4 rings (SSSR count). The number of hydrogen-bond acceptors (Lipinski definition) is 6. The van der Waals surface area contributed by atoms with E-state index in [1.807, 2.05) is 42.2 Å². The van der Waals surface area contributed by atoms with Crippen LogP contribution in [0.3, 0.4) is 0 Å². The standard InChI is InChI=1S/C18H18N4O2S/c1-12-16(25-11-19-12)18-21-20-17(24-18)14-8-5-9-22(14)15(23)10-13-6-3-2-4-7-13/h2-4,6-7,11,14H,5,8-10H2,1H3/t14-/m1/s1. The van der Waals surface area contributed by atoms with Crippen LogP contribution in [0.4, 0.5) is 0 Å². The van der Waals surface area contributed by atoms with Gasteiger partial charge in [-0.1, -0.05) is 30.3 Å². The van der Waals surface area contributed by atoms with Crippen molar-refractivity contribution in [2.24, 2.45) is 0 Å². The van der Waals surface area contributed by atoms with Crippen LogP contribution in [-0.2, 0) is 11.2 Å². The van der Waals surface area contributed by atoms with Crippen LogP contribution in [0.5, 0.6) is 0 Å². The van der Waals surface area contributed by atoms with E-state index in [0.29, 0.717) is 18.2 Å². The molecule has 1 aromatic carbocycles. The zero-order valence-electron chi connectivity index (χ0n) is 13.9. The molecule has 0 aliphatic carbocycles. The predicted octanol–water partition coefficient (Wildman–Crippen LogP) is 3.41. The number of nitrogens with zero attached hydrogens (tertiary/aromatic N) is 4. The molecule has 1 saturated heterocycles. The van der Waals surface area contributed by atoms with Gasteiger partial charge in [0.25, 0.3) is 5.89 Å². The zero-order valence-corrected chi connectivity index (χ0v) is 14.7. The van der Waals surface area contributed by atoms with E-state index < -0.39 is 0 Å². The fourth-order valence-electron chi connectivity index (χ4n) is 3.16. The number of hydrogen-bond donors (Lipinski definition) is 0. The third-order valence-electron chi connectivity index (χ3n) is 4.44. The number of likely N-dealkylation sites (tertiary alicyclic amines) is 1. The summed E-state index contributed by atoms with van der Waals surface area (Å²) in [6.45, 7) is 2.65. The number of amides is 1. The molecular formula is C18H18N4O2S. The lowest BCUT2D eigenvalue weighted by Crippen LogP contribution is -2.32. The van der Waals surface area contributed by atoms with Gasteiger partial charge in [0.1, 0.15) is 10.9 Å². The van der Waals surface area contributed by atoms with Crippen molar-refractivity contribution in [2.45, 2.75) is 32.2 Å². The first kappa shape index (κ1) is 16.0. The normalized spacial score (nSPS) is 17.2. The SMILES string of the molecule is Cc1ncsc1-c1nnc([C@H]2CCCN2C(=O)Cc2ccccc2)o1. The van der Waals surface area contributed by atoms with Crippen molar-refractivity contribution >= 4 is 17.2 Å². The Morgan fingerprint density at radius 2 is 2.16 bits per heavy atom. The van der Waals surface area contributed by atoms with Gasteiger partial charge in [0.05, 0.1) is 17.6 Å². The first-order valence-electron chi connectivity index (χ1n) is 8.29. The molecule has 1 amide bonds. The smallest absolute Gasteiger partial charge is 0.259 e. The number of thiazole rings is 1. The van der Waals surface area contributed by atoms with E-state index >= 15 is 0 Å². The van der Waals surface area contributed by atoms with Crippen LogP contribution < -0.4 is 0 Å². The van der Waals surface area contributed by atoms with Crippen LogP contribution in [-0.4, -0.2) is 32.5 Å². The third kappa shape index (κ3) is 3.19. The van der Waals surface area contributed by atoms with E-state index in [1.54, 1.807) is 5.51 Å². The fraction of sp³-hybridized carbons (Fsp3) is 0.333. The largest absolute Gasteiger partial charge is 0.418 e. The molecule has 6 nitrogen and oxygen atoms in total. The molecule has 7 heteroatoms. The molecule has 1 fully saturated rings. The number of carbonyl (C=O) groups is 1. The quantitative estimate of drug-likeness (QED) is 0.718. The number of benzene rings is 1. The summed E-state index contributed by atoms with van der Waals surface area (Å²) < 4.78 is 5.88. The second-order valence-corrected chi connectivity index (χ2v) is 6.97. The lowest BCUT2D eigenvalue weighted by atomic mass is 10.1. The molecule has 0 bridgehead atoms. The molecule has 0 radical (unpaired) electrons. The topological polar surface area (TPSA) is 72.1 Å². The summed E-state index contributed by atoms with van der Waals surface area (Å²) in [5, 5.41) is 8.36. The summed E-state index contributed by atoms with van der Waals surface area (Å²) in [7, 11) is 0. The zero-order chi connectivity index (χ0) is 17.2. The maximum atomic E-state index is 12.7. The Morgan fingerprint density at radius 3 is 2.92 bits per heavy atom. The number of aromatic nitrogens is 3. The minimum Gasteiger partial charge on any atom is -0.418 e. The second-order valence-electron chi connectivity index (χ2n) is 6.12. The van der Waals surface area contributed by atoms with Crippen LogP contribution in [0, 0.1) is 6.92 Å². The Hall–Kier alpha value is -2.54. The average Bonchev–Trinajstić information content (AvgIpc) is 3.35. The molecule has 0 spiro atoms. The van der Waals surface area contributed by atoms with Crippen molar-refractivity contribution in [2.75, 3.05) is 6.54 Å². The predicted molar refractivity (Wildman–Crippen MR) is 94.0 cm³/mol. The van der Waals surface area contributed by atoms with Crippen molar-refractivity contribution in [3.8, 4) is 10.8 Å². The van der Waals surface area contributed by atoms with E-state index in [1.165, 1.54) is 11.3 Å². The van der Waals surface area contributed by atoms with Gasteiger partial charge in [-0.2, -0.15) is 0 Å². The molecule has 0 saturated carbocycles. The number of aryl methyl sites for hydroxylation is 1. The highest BCUT2D eigenvalue weighted by Crippen LogP contribution is 2.34. The van der Waals surface area contributed by atoms with Gasteiger partial charge in [0.15, 0.2) is 0 Å². The lowest BCUT2D eigenvalue weighted by Gasteiger charge is -2.22. The Balaban J connectivity index is 1.53. The molecule has 128 valence electrons. The summed E-state index contributed by atoms with van der Waals surface area (Å²) in [4.78, 5) is 19.7. The molecule has 1 aliphatic rings. The Kier molecular flexibility index (Phi) is 4.31. The van der Waals surface area contributed by atoms with Crippen molar-refractivity contribution < 1.29 is 9.21 Å². The van der Waals surface area contributed by atoms with Crippen molar-refractivity contribution in [1.29, 1.82) is 0 Å². The Morgan fingerprint density at radius 1 is 1.32 bits per heavy atom. The van der Waals surface area contributed by atoms with Crippen molar-refractivity contribution in [3.63, 3.8) is 0 Å². The first-order valence-corrected chi connectivity index (χ1v) is 9.17. The molecule has 0 N–H and O–H groups in total. The molecule has 1 aliphatic heterocycles. The minimum absolute atomic E-state index is 0.0995. The summed E-state index contributed by atoms with van der Waals surface area (Å²) in [6, 6.07) is 9.66. The van der Waals surface area contributed by atoms with Crippen LogP contribution in [0.25, 0.3) is 10.8 Å². The molecule has 2 aromatic heterocycles. The van der Waals surface area contributed by atoms with Crippen molar-refractivity contribution in [3.05, 3.63) is 53.0 Å². The van der Waals surface area contributed by atoms with Crippen LogP contribution in [0.2, 0.25) is 0 Å². The second kappa shape index (κ2) is 6.76. The molecule has 3 aromatic rings. The van der Waals surface area contributed by atoms with Gasteiger partial charge in [-0.3, -0.25) is 4.79 Å². The van der Waals surface area contributed by atoms with Gasteiger partial charge < -0.3 is 9.32 Å². The average molecular weight is 354 g/mol. The van der Waals surface area contributed by atoms with E-state index in [2.05, 4.69) is 15.2 Å². The van der Waals surface area contributed by atoms with Crippen LogP contribution in [0.15, 0.2) is 40.3 Å². The summed E-state index contributed by atoms with van der Waals surface area (Å²) in [6.07, 6.45) is 2.19. The third-order valence-corrected chi connectivity index (χ3v) is 5.35. The van der Waals surface area contributed by atoms with E-state index in [0.717, 1.165) is 35.5 Å². The first-order chi connectivity index (χ1) is 12.2. The maximum absolute atomic E-state index is 12.7. The summed E-state index contributed by atoms with van der Waals surface area (Å²) in [5.41, 5.74) is 3.66. The Bertz CT molecular complexity index is 874. The highest BCUT2D eigenvalue weighted by molar-refractivity contribution is 7.13. The molecule has 1 atom stereocenters. The monoisotopic (exact) mass is 354 g/mol. The van der Waals surface area contributed by atoms with Gasteiger partial charge >= 0.3 is 0 Å². The van der Waals surface area contributed by atoms with Crippen molar-refractivity contribution in [1.82, 2.24) is 20.1 Å². The Labute approximate surface area is 149 Å². The van der Waals surface area contributed by atoms with Gasteiger partial charge in [-0.15, -0.1) is 21.5 Å². The molecular weight excluding hydrogens is 336 g/mol. The van der Waals surface area contributed by atoms with Gasteiger partial charge in [-0.05, 0) is 25.3 Å². The molecule has 25 heavy (non-hydrogen) atoms. The number of carbonyl (C=O) groups excluding carboxylic acids is 1. The lowest BCUT2D eigenvalue weighted by molar-refractivity contribution is -0.131. The van der Waals surface area contributed by atoms with Crippen LogP contribution in [0.1, 0.15) is 36.0 Å². The fourth-order valence-corrected chi connectivity index (χ4v) is 3.88. The highest BCUT2D eigenvalue weighted by atomic mass is 32.1. The molecule has 3 heterocycles. The van der Waals surface area contributed by atoms with E-state index in [-0.39, 0.29) is 11.9 Å². The highest BCUT2D eigenvalue weighted by Gasteiger charge is 2.34. The number of rotatable bonds is 4. The van der Waals surface area contributed by atoms with Gasteiger partial charge in [0.2, 0.25) is 11.8 Å². The van der Waals surface area contributed by atoms with E-state index in [4.69, 9.17) is 4.42 Å². The van der Waals surface area contributed by atoms with E-state index in [9.17, 15) is 4.79 Å². The summed E-state index contributed by atoms with van der Waals surface area (Å²) >= 11 is 1.48. The summed E-state index contributed by atoms with van der Waals surface area (Å²) in [5.74, 6) is 1.10. The maximum Gasteiger partial charge on any atom is 0.259 e. The molecule has 0 unspecified atom stereocenters. The van der Waals surface area contributed by atoms with Gasteiger partial charge in [-0.25, -0.2) is 4.98 Å². The van der Waals surface area contributed by atoms with Crippen LogP contribution >= 0.6 is 11.3 Å². The van der Waals surface area contributed by atoms with Gasteiger partial charge in [0, 0.05) is 6.54 Å².